The summed E-state index contributed by atoms with van der Waals surface area (Å²) in [6, 6.07) is 10.6. The van der Waals surface area contributed by atoms with E-state index in [0.717, 1.165) is 17.7 Å². The molecule has 0 aliphatic heterocycles. The third kappa shape index (κ3) is 3.22. The second-order valence-corrected chi connectivity index (χ2v) is 5.67. The standard InChI is InChI=1S/C16H15ClF3N/c1-10-9-12(16(18,19)20)5-8-14(10)15(2,21)11-3-6-13(17)7-4-11/h3-9H,21H2,1-2H3. The van der Waals surface area contributed by atoms with Crippen LogP contribution in [0.15, 0.2) is 42.5 Å². The molecule has 1 nitrogen and oxygen atoms in total. The molecule has 2 N–H and O–H groups in total. The zero-order chi connectivity index (χ0) is 15.8. The summed E-state index contributed by atoms with van der Waals surface area (Å²) in [6.07, 6.45) is -4.35. The lowest BCUT2D eigenvalue weighted by Crippen LogP contribution is -2.35. The van der Waals surface area contributed by atoms with Gasteiger partial charge in [0.05, 0.1) is 11.1 Å². The first kappa shape index (κ1) is 15.9. The van der Waals surface area contributed by atoms with Crippen LogP contribution in [-0.4, -0.2) is 0 Å². The number of hydrogen-bond acceptors (Lipinski definition) is 1. The van der Waals surface area contributed by atoms with Crippen molar-refractivity contribution in [2.75, 3.05) is 0 Å². The molecule has 5 heteroatoms. The maximum absolute atomic E-state index is 12.7. The fourth-order valence-corrected chi connectivity index (χ4v) is 2.50. The number of benzene rings is 2. The molecule has 1 atom stereocenters. The van der Waals surface area contributed by atoms with Crippen LogP contribution in [0.25, 0.3) is 0 Å². The van der Waals surface area contributed by atoms with Gasteiger partial charge in [-0.3, -0.25) is 0 Å². The van der Waals surface area contributed by atoms with Crippen LogP contribution < -0.4 is 5.73 Å². The molecule has 0 radical (unpaired) electrons. The third-order valence-corrected chi connectivity index (χ3v) is 3.81. The van der Waals surface area contributed by atoms with Gasteiger partial charge in [-0.2, -0.15) is 13.2 Å². The smallest absolute Gasteiger partial charge is 0.318 e. The predicted octanol–water partition coefficient (Wildman–Crippen LogP) is 4.89. The van der Waals surface area contributed by atoms with Crippen molar-refractivity contribution in [1.82, 2.24) is 0 Å². The number of rotatable bonds is 2. The van der Waals surface area contributed by atoms with Gasteiger partial charge in [0.25, 0.3) is 0 Å². The Bertz CT molecular complexity index is 646. The Morgan fingerprint density at radius 3 is 1.95 bits per heavy atom. The Kier molecular flexibility index (Phi) is 4.04. The minimum Gasteiger partial charge on any atom is -0.318 e. The van der Waals surface area contributed by atoms with Crippen molar-refractivity contribution in [2.45, 2.75) is 25.6 Å². The average Bonchev–Trinajstić information content (AvgIpc) is 2.37. The largest absolute Gasteiger partial charge is 0.416 e. The first-order chi connectivity index (χ1) is 9.62. The SMILES string of the molecule is Cc1cc(C(F)(F)F)ccc1C(C)(N)c1ccc(Cl)cc1. The maximum Gasteiger partial charge on any atom is 0.416 e. The normalized spacial score (nSPS) is 14.8. The topological polar surface area (TPSA) is 26.0 Å². The lowest BCUT2D eigenvalue weighted by Gasteiger charge is -2.28. The van der Waals surface area contributed by atoms with Gasteiger partial charge >= 0.3 is 6.18 Å². The quantitative estimate of drug-likeness (QED) is 0.839. The number of halogens is 4. The number of alkyl halides is 3. The summed E-state index contributed by atoms with van der Waals surface area (Å²) in [5, 5.41) is 0.582. The maximum atomic E-state index is 12.7. The zero-order valence-corrected chi connectivity index (χ0v) is 12.4. The van der Waals surface area contributed by atoms with E-state index < -0.39 is 17.3 Å². The molecule has 0 aliphatic carbocycles. The van der Waals surface area contributed by atoms with Crippen LogP contribution in [0.5, 0.6) is 0 Å². The van der Waals surface area contributed by atoms with Crippen LogP contribution in [0.3, 0.4) is 0 Å². The molecule has 0 saturated carbocycles. The van der Waals surface area contributed by atoms with Gasteiger partial charge in [-0.15, -0.1) is 0 Å². The zero-order valence-electron chi connectivity index (χ0n) is 11.6. The summed E-state index contributed by atoms with van der Waals surface area (Å²) >= 11 is 5.84. The molecule has 0 aliphatic rings. The fraction of sp³-hybridized carbons (Fsp3) is 0.250. The summed E-state index contributed by atoms with van der Waals surface area (Å²) in [5.41, 5.74) is 6.73. The molecule has 0 fully saturated rings. The van der Waals surface area contributed by atoms with Crippen LogP contribution in [0.4, 0.5) is 13.2 Å². The Morgan fingerprint density at radius 2 is 1.48 bits per heavy atom. The Hall–Kier alpha value is -1.52. The molecule has 0 spiro atoms. The fourth-order valence-electron chi connectivity index (χ4n) is 2.37. The van der Waals surface area contributed by atoms with Crippen molar-refractivity contribution in [1.29, 1.82) is 0 Å². The minimum atomic E-state index is -4.35. The van der Waals surface area contributed by atoms with E-state index >= 15 is 0 Å². The second-order valence-electron chi connectivity index (χ2n) is 5.24. The molecule has 0 heterocycles. The predicted molar refractivity (Wildman–Crippen MR) is 78.3 cm³/mol. The first-order valence-electron chi connectivity index (χ1n) is 6.35. The molecule has 0 bridgehead atoms. The molecule has 21 heavy (non-hydrogen) atoms. The lowest BCUT2D eigenvalue weighted by molar-refractivity contribution is -0.137. The molecular formula is C16H15ClF3N. The van der Waals surface area contributed by atoms with Gasteiger partial charge in [0, 0.05) is 5.02 Å². The van der Waals surface area contributed by atoms with Crippen LogP contribution in [-0.2, 0) is 11.7 Å². The first-order valence-corrected chi connectivity index (χ1v) is 6.73. The van der Waals surface area contributed by atoms with E-state index in [9.17, 15) is 13.2 Å². The van der Waals surface area contributed by atoms with E-state index in [1.165, 1.54) is 6.07 Å². The molecule has 0 amide bonds. The van der Waals surface area contributed by atoms with E-state index in [1.807, 2.05) is 0 Å². The highest BCUT2D eigenvalue weighted by molar-refractivity contribution is 6.30. The number of hydrogen-bond donors (Lipinski definition) is 1. The minimum absolute atomic E-state index is 0.504. The van der Waals surface area contributed by atoms with Crippen LogP contribution in [0, 0.1) is 6.92 Å². The summed E-state index contributed by atoms with van der Waals surface area (Å²) in [7, 11) is 0. The van der Waals surface area contributed by atoms with Gasteiger partial charge in [-0.1, -0.05) is 29.8 Å². The van der Waals surface area contributed by atoms with Gasteiger partial charge in [0.15, 0.2) is 0 Å². The van der Waals surface area contributed by atoms with Crippen molar-refractivity contribution >= 4 is 11.6 Å². The molecule has 0 saturated heterocycles. The third-order valence-electron chi connectivity index (χ3n) is 3.56. The summed E-state index contributed by atoms with van der Waals surface area (Å²) in [4.78, 5) is 0. The van der Waals surface area contributed by atoms with Gasteiger partial charge in [-0.05, 0) is 54.8 Å². The van der Waals surface area contributed by atoms with Gasteiger partial charge in [0.1, 0.15) is 0 Å². The Balaban J connectivity index is 2.47. The van der Waals surface area contributed by atoms with E-state index in [-0.39, 0.29) is 0 Å². The molecule has 112 valence electrons. The van der Waals surface area contributed by atoms with Gasteiger partial charge in [-0.25, -0.2) is 0 Å². The Morgan fingerprint density at radius 1 is 0.952 bits per heavy atom. The van der Waals surface area contributed by atoms with Crippen LogP contribution in [0.2, 0.25) is 5.02 Å². The number of aryl methyl sites for hydroxylation is 1. The molecular weight excluding hydrogens is 299 g/mol. The highest BCUT2D eigenvalue weighted by Gasteiger charge is 2.32. The van der Waals surface area contributed by atoms with Crippen molar-refractivity contribution < 1.29 is 13.2 Å². The van der Waals surface area contributed by atoms with Crippen molar-refractivity contribution in [3.63, 3.8) is 0 Å². The second kappa shape index (κ2) is 5.35. The Labute approximate surface area is 126 Å². The van der Waals surface area contributed by atoms with E-state index in [1.54, 1.807) is 38.1 Å². The van der Waals surface area contributed by atoms with E-state index in [4.69, 9.17) is 17.3 Å². The molecule has 2 aromatic rings. The van der Waals surface area contributed by atoms with Crippen LogP contribution in [0.1, 0.15) is 29.2 Å². The molecule has 1 unspecified atom stereocenters. The van der Waals surface area contributed by atoms with Crippen LogP contribution >= 0.6 is 11.6 Å². The summed E-state index contributed by atoms with van der Waals surface area (Å²) < 4.78 is 38.2. The molecule has 2 rings (SSSR count). The van der Waals surface area contributed by atoms with Gasteiger partial charge in [0.2, 0.25) is 0 Å². The molecule has 0 aromatic heterocycles. The summed E-state index contributed by atoms with van der Waals surface area (Å²) in [5.74, 6) is 0. The highest BCUT2D eigenvalue weighted by Crippen LogP contribution is 2.34. The van der Waals surface area contributed by atoms with Crippen molar-refractivity contribution in [2.24, 2.45) is 5.73 Å². The van der Waals surface area contributed by atoms with Gasteiger partial charge < -0.3 is 5.73 Å². The molecule has 2 aromatic carbocycles. The number of nitrogens with two attached hydrogens (primary N) is 1. The highest BCUT2D eigenvalue weighted by atomic mass is 35.5. The van der Waals surface area contributed by atoms with Crippen molar-refractivity contribution in [3.8, 4) is 0 Å². The van der Waals surface area contributed by atoms with E-state index in [2.05, 4.69) is 0 Å². The van der Waals surface area contributed by atoms with E-state index in [0.29, 0.717) is 16.1 Å². The van der Waals surface area contributed by atoms with Crippen molar-refractivity contribution in [3.05, 3.63) is 69.7 Å². The lowest BCUT2D eigenvalue weighted by atomic mass is 9.83. The summed E-state index contributed by atoms with van der Waals surface area (Å²) in [6.45, 7) is 3.40. The monoisotopic (exact) mass is 313 g/mol. The average molecular weight is 314 g/mol.